The molecule has 41 heavy (non-hydrogen) atoms. The Bertz CT molecular complexity index is 749. The van der Waals surface area contributed by atoms with Crippen molar-refractivity contribution in [1.29, 1.82) is 0 Å². The molecule has 0 amide bonds. The Morgan fingerprint density at radius 1 is 0.512 bits per heavy atom. The lowest BCUT2D eigenvalue weighted by atomic mass is 9.57. The summed E-state index contributed by atoms with van der Waals surface area (Å²) in [4.78, 5) is 0. The molecule has 2 aliphatic carbocycles. The highest BCUT2D eigenvalue weighted by Gasteiger charge is 2.31. The summed E-state index contributed by atoms with van der Waals surface area (Å²) in [5.74, 6) is 2.37. The Morgan fingerprint density at radius 3 is 1.24 bits per heavy atom. The largest absolute Gasteiger partial charge is 0.573 e. The van der Waals surface area contributed by atoms with Crippen molar-refractivity contribution >= 4 is 7.28 Å². The van der Waals surface area contributed by atoms with Crippen LogP contribution in [0.15, 0.2) is 24.3 Å². The number of hydrogen-bond donors (Lipinski definition) is 0. The number of alkyl halides is 3. The molecule has 5 heteroatoms. The number of halogens is 3. The van der Waals surface area contributed by atoms with Crippen LogP contribution in [0.5, 0.6) is 5.75 Å². The first-order valence-electron chi connectivity index (χ1n) is 17.7. The van der Waals surface area contributed by atoms with Gasteiger partial charge >= 0.3 is 6.36 Å². The Kier molecular flexibility index (Phi) is 17.4. The second-order valence-corrected chi connectivity index (χ2v) is 13.4. The molecule has 2 saturated carbocycles. The van der Waals surface area contributed by atoms with Crippen molar-refractivity contribution in [3.63, 3.8) is 0 Å². The zero-order valence-electron chi connectivity index (χ0n) is 26.0. The van der Waals surface area contributed by atoms with E-state index in [2.05, 4.69) is 12.0 Å². The van der Waals surface area contributed by atoms with Gasteiger partial charge in [-0.05, 0) is 24.0 Å². The first kappa shape index (κ1) is 34.4. The van der Waals surface area contributed by atoms with Crippen LogP contribution >= 0.6 is 0 Å². The first-order chi connectivity index (χ1) is 20.0. The molecule has 1 radical (unpaired) electrons. The van der Waals surface area contributed by atoms with Crippen LogP contribution in [-0.2, 0) is 6.32 Å². The molecule has 1 aromatic rings. The Hall–Kier alpha value is -1.13. The minimum absolute atomic E-state index is 0.140. The van der Waals surface area contributed by atoms with Gasteiger partial charge in [0.2, 0.25) is 0 Å². The van der Waals surface area contributed by atoms with Gasteiger partial charge in [-0.3, -0.25) is 0 Å². The first-order valence-corrected chi connectivity index (χ1v) is 17.7. The van der Waals surface area contributed by atoms with Crippen molar-refractivity contribution in [1.82, 2.24) is 0 Å². The van der Waals surface area contributed by atoms with E-state index in [1.54, 1.807) is 12.1 Å². The van der Waals surface area contributed by atoms with Crippen molar-refractivity contribution in [3.05, 3.63) is 29.8 Å². The lowest BCUT2D eigenvalue weighted by Crippen LogP contribution is -2.17. The van der Waals surface area contributed by atoms with Crippen LogP contribution in [0.3, 0.4) is 0 Å². The lowest BCUT2D eigenvalue weighted by molar-refractivity contribution is -0.274. The average molecular weight is 576 g/mol. The monoisotopic (exact) mass is 575 g/mol. The summed E-state index contributed by atoms with van der Waals surface area (Å²) in [5, 5.41) is 0. The van der Waals surface area contributed by atoms with Crippen molar-refractivity contribution in [3.8, 4) is 5.75 Å². The van der Waals surface area contributed by atoms with Gasteiger partial charge in [0, 0.05) is 0 Å². The molecular weight excluding hydrogens is 516 g/mol. The van der Waals surface area contributed by atoms with Crippen LogP contribution < -0.4 is 4.74 Å². The molecule has 0 aromatic heterocycles. The number of rotatable bonds is 5. The third kappa shape index (κ3) is 16.3. The molecule has 0 bridgehead atoms. The summed E-state index contributed by atoms with van der Waals surface area (Å²) in [6.45, 7) is 0. The molecule has 0 spiro atoms. The van der Waals surface area contributed by atoms with Crippen LogP contribution in [0.25, 0.3) is 0 Å². The number of hydrogen-bond acceptors (Lipinski definition) is 1. The van der Waals surface area contributed by atoms with E-state index in [0.29, 0.717) is 5.82 Å². The zero-order valence-corrected chi connectivity index (χ0v) is 26.0. The summed E-state index contributed by atoms with van der Waals surface area (Å²) in [6, 6.07) is 6.40. The maximum absolute atomic E-state index is 12.5. The molecule has 233 valence electrons. The fraction of sp³-hybridized carbons (Fsp3) is 0.833. The average Bonchev–Trinajstić information content (AvgIpc) is 2.95. The summed E-state index contributed by atoms with van der Waals surface area (Å²) < 4.78 is 41.4. The van der Waals surface area contributed by atoms with E-state index < -0.39 is 6.36 Å². The lowest BCUT2D eigenvalue weighted by Gasteiger charge is -2.28. The van der Waals surface area contributed by atoms with Gasteiger partial charge in [0.25, 0.3) is 0 Å². The molecule has 0 N–H and O–H groups in total. The minimum atomic E-state index is -4.63. The van der Waals surface area contributed by atoms with Gasteiger partial charge in [0.05, 0.1) is 0 Å². The van der Waals surface area contributed by atoms with Gasteiger partial charge in [-0.2, -0.15) is 0 Å². The molecule has 3 rings (SSSR count). The third-order valence-corrected chi connectivity index (χ3v) is 9.96. The normalized spacial score (nSPS) is 25.0. The fourth-order valence-corrected chi connectivity index (χ4v) is 7.48. The van der Waals surface area contributed by atoms with Crippen LogP contribution in [0.2, 0.25) is 5.82 Å². The summed E-state index contributed by atoms with van der Waals surface area (Å²) in [6.07, 6.45) is 31.4. The maximum atomic E-state index is 12.5. The maximum Gasteiger partial charge on any atom is 0.573 e. The van der Waals surface area contributed by atoms with E-state index in [0.717, 1.165) is 23.7 Å². The van der Waals surface area contributed by atoms with Crippen LogP contribution in [0.4, 0.5) is 13.2 Å². The smallest absolute Gasteiger partial charge is 0.406 e. The summed E-state index contributed by atoms with van der Waals surface area (Å²) >= 11 is 0. The topological polar surface area (TPSA) is 9.23 Å². The van der Waals surface area contributed by atoms with Gasteiger partial charge in [-0.15, -0.1) is 13.2 Å². The van der Waals surface area contributed by atoms with Gasteiger partial charge in [0.1, 0.15) is 13.0 Å². The SMILES string of the molecule is FC(F)(F)Oc1ccc(C[B]C2CCCCCCC(C3CCCCCCCCCCCCCC3)CCCCC2)cc1. The summed E-state index contributed by atoms with van der Waals surface area (Å²) in [5.41, 5.74) is 1.06. The molecule has 1 nitrogen and oxygen atoms in total. The Morgan fingerprint density at radius 2 is 0.854 bits per heavy atom. The quantitative estimate of drug-likeness (QED) is 0.317. The highest BCUT2D eigenvalue weighted by atomic mass is 19.4. The highest BCUT2D eigenvalue weighted by molar-refractivity contribution is 6.37. The van der Waals surface area contributed by atoms with E-state index in [4.69, 9.17) is 0 Å². The molecule has 1 aromatic carbocycles. The Labute approximate surface area is 251 Å². The van der Waals surface area contributed by atoms with Crippen LogP contribution in [0, 0.1) is 11.8 Å². The summed E-state index contributed by atoms with van der Waals surface area (Å²) in [7, 11) is 2.43. The van der Waals surface area contributed by atoms with Gasteiger partial charge in [-0.25, -0.2) is 0 Å². The van der Waals surface area contributed by atoms with E-state index in [1.165, 1.54) is 173 Å². The Balaban J connectivity index is 1.44. The van der Waals surface area contributed by atoms with E-state index in [9.17, 15) is 13.2 Å². The van der Waals surface area contributed by atoms with Crippen LogP contribution in [-0.4, -0.2) is 13.6 Å². The third-order valence-electron chi connectivity index (χ3n) is 9.96. The molecule has 2 fully saturated rings. The molecule has 2 aliphatic rings. The van der Waals surface area contributed by atoms with E-state index in [1.807, 2.05) is 0 Å². The minimum Gasteiger partial charge on any atom is -0.406 e. The zero-order chi connectivity index (χ0) is 29.0. The van der Waals surface area contributed by atoms with E-state index >= 15 is 0 Å². The molecule has 0 aliphatic heterocycles. The molecule has 0 heterocycles. The van der Waals surface area contributed by atoms with Gasteiger partial charge < -0.3 is 4.74 Å². The highest BCUT2D eigenvalue weighted by Crippen LogP contribution is 2.35. The van der Waals surface area contributed by atoms with Gasteiger partial charge in [-0.1, -0.05) is 190 Å². The number of ether oxygens (including phenoxy) is 1. The van der Waals surface area contributed by atoms with Crippen molar-refractivity contribution in [2.45, 2.75) is 179 Å². The van der Waals surface area contributed by atoms with Crippen molar-refractivity contribution < 1.29 is 17.9 Å². The van der Waals surface area contributed by atoms with Gasteiger partial charge in [0.15, 0.2) is 0 Å². The fourth-order valence-electron chi connectivity index (χ4n) is 7.48. The van der Waals surface area contributed by atoms with Crippen molar-refractivity contribution in [2.75, 3.05) is 0 Å². The molecule has 2 unspecified atom stereocenters. The second-order valence-electron chi connectivity index (χ2n) is 13.4. The molecule has 0 saturated heterocycles. The predicted octanol–water partition coefficient (Wildman–Crippen LogP) is 12.6. The molecular formula is C36H59BF3O. The van der Waals surface area contributed by atoms with Crippen LogP contribution in [0.1, 0.15) is 166 Å². The second kappa shape index (κ2) is 20.7. The van der Waals surface area contributed by atoms with E-state index in [-0.39, 0.29) is 5.75 Å². The van der Waals surface area contributed by atoms with Crippen molar-refractivity contribution in [2.24, 2.45) is 11.8 Å². The molecule has 2 atom stereocenters. The predicted molar refractivity (Wildman–Crippen MR) is 169 cm³/mol. The number of benzene rings is 1. The standard InChI is InChI=1S/C36H59BF3O/c38-36(39,40)41-35-28-26-31(27-29-35)30-37-34-24-18-12-11-16-22-33(23-17-13-19-25-34)32-20-14-9-7-5-3-1-2-4-6-8-10-15-21-32/h26-29,32-34H,1-25,30H2.